The largest absolute Gasteiger partial charge is 0.494 e. The fourth-order valence-corrected chi connectivity index (χ4v) is 6.01. The molecule has 2 amide bonds. The van der Waals surface area contributed by atoms with Crippen molar-refractivity contribution in [1.82, 2.24) is 9.88 Å². The lowest BCUT2D eigenvalue weighted by Gasteiger charge is -2.36. The van der Waals surface area contributed by atoms with Gasteiger partial charge in [0, 0.05) is 30.6 Å². The lowest BCUT2D eigenvalue weighted by molar-refractivity contribution is -0.127. The number of hydrogen-bond donors (Lipinski definition) is 0. The number of carbonyl (C=O) groups excluding carboxylic acids is 2. The van der Waals surface area contributed by atoms with Crippen LogP contribution in [0.4, 0.5) is 4.79 Å². The first-order chi connectivity index (χ1) is 20.6. The van der Waals surface area contributed by atoms with Crippen molar-refractivity contribution in [2.24, 2.45) is 0 Å². The Labute approximate surface area is 264 Å². The van der Waals surface area contributed by atoms with Gasteiger partial charge in [-0.3, -0.25) is 4.79 Å². The van der Waals surface area contributed by atoms with Gasteiger partial charge in [0.25, 0.3) is 0 Å². The van der Waals surface area contributed by atoms with Crippen LogP contribution in [0, 0.1) is 0 Å². The smallest absolute Gasteiger partial charge is 0.417 e. The molecule has 0 radical (unpaired) electrons. The van der Waals surface area contributed by atoms with Gasteiger partial charge in [0.2, 0.25) is 11.8 Å². The summed E-state index contributed by atoms with van der Waals surface area (Å²) in [5.41, 5.74) is 2.83. The third kappa shape index (κ3) is 8.50. The Hall–Kier alpha value is -3.17. The van der Waals surface area contributed by atoms with Crippen molar-refractivity contribution >= 4 is 25.9 Å². The molecular formula is C35H50N2O6Si. The molecule has 0 spiro atoms. The van der Waals surface area contributed by atoms with Crippen molar-refractivity contribution in [3.05, 3.63) is 59.3 Å². The molecule has 1 saturated carbocycles. The Morgan fingerprint density at radius 2 is 1.68 bits per heavy atom. The third-order valence-electron chi connectivity index (χ3n) is 8.57. The second-order valence-electron chi connectivity index (χ2n) is 14.3. The Bertz CT molecular complexity index is 1350. The number of imide groups is 1. The van der Waals surface area contributed by atoms with Crippen LogP contribution >= 0.6 is 0 Å². The molecule has 0 bridgehead atoms. The summed E-state index contributed by atoms with van der Waals surface area (Å²) in [5, 5.41) is 0.182. The molecule has 2 aromatic rings. The Balaban J connectivity index is 1.56. The maximum absolute atomic E-state index is 13.1. The minimum atomic E-state index is -1.77. The van der Waals surface area contributed by atoms with Gasteiger partial charge < -0.3 is 18.6 Å². The number of benzene rings is 1. The first kappa shape index (κ1) is 33.7. The third-order valence-corrected chi connectivity index (χ3v) is 13.1. The summed E-state index contributed by atoms with van der Waals surface area (Å²) in [6, 6.07) is 11.5. The molecule has 1 aromatic carbocycles. The maximum Gasteiger partial charge on any atom is 0.417 e. The molecule has 1 aromatic heterocycles. The van der Waals surface area contributed by atoms with E-state index in [1.165, 1.54) is 4.90 Å². The van der Waals surface area contributed by atoms with Gasteiger partial charge in [-0.25, -0.2) is 14.7 Å². The Kier molecular flexibility index (Phi) is 10.3. The molecule has 0 unspecified atom stereocenters. The summed E-state index contributed by atoms with van der Waals surface area (Å²) in [6.45, 7) is 17.9. The van der Waals surface area contributed by atoms with Crippen molar-refractivity contribution in [3.8, 4) is 11.6 Å². The molecule has 2 aliphatic rings. The van der Waals surface area contributed by atoms with Crippen LogP contribution in [0.25, 0.3) is 5.57 Å². The van der Waals surface area contributed by atoms with Crippen LogP contribution in [-0.4, -0.2) is 62.2 Å². The number of likely N-dealkylation sites (tertiary alicyclic amines) is 1. The van der Waals surface area contributed by atoms with E-state index < -0.39 is 26.1 Å². The summed E-state index contributed by atoms with van der Waals surface area (Å²) in [5.74, 6) is 1.62. The SMILES string of the molecule is COc1nc(/C(=C/[C@H]2CCC(=O)N2C(=O)OC(C)(C)C)c2ccc(OCCCO[Si](C)(C)C(C)(C)C)cc2)ccc1C1CC1. The fraction of sp³-hybridized carbons (Fsp3) is 0.571. The van der Waals surface area contributed by atoms with Crippen LogP contribution in [0.3, 0.4) is 0 Å². The zero-order chi connectivity index (χ0) is 32.3. The minimum absolute atomic E-state index is 0.182. The molecule has 8 nitrogen and oxygen atoms in total. The van der Waals surface area contributed by atoms with Crippen molar-refractivity contribution in [1.29, 1.82) is 0 Å². The quantitative estimate of drug-likeness (QED) is 0.185. The number of amides is 2. The van der Waals surface area contributed by atoms with E-state index >= 15 is 0 Å². The molecule has 0 N–H and O–H groups in total. The number of ether oxygens (including phenoxy) is 3. The van der Waals surface area contributed by atoms with Gasteiger partial charge in [-0.15, -0.1) is 0 Å². The number of hydrogen-bond acceptors (Lipinski definition) is 7. The van der Waals surface area contributed by atoms with Gasteiger partial charge in [-0.1, -0.05) is 45.0 Å². The highest BCUT2D eigenvalue weighted by molar-refractivity contribution is 6.74. The monoisotopic (exact) mass is 622 g/mol. The lowest BCUT2D eigenvalue weighted by Crippen LogP contribution is -2.41. The van der Waals surface area contributed by atoms with Gasteiger partial charge in [0.05, 0.1) is 25.5 Å². The lowest BCUT2D eigenvalue weighted by atomic mass is 9.98. The molecule has 2 heterocycles. The molecule has 9 heteroatoms. The number of rotatable bonds is 11. The molecule has 1 aliphatic heterocycles. The first-order valence-electron chi connectivity index (χ1n) is 15.8. The van der Waals surface area contributed by atoms with Crippen molar-refractivity contribution in [2.45, 2.75) is 109 Å². The van der Waals surface area contributed by atoms with Crippen LogP contribution in [-0.2, 0) is 14.0 Å². The highest BCUT2D eigenvalue weighted by atomic mass is 28.4. The Morgan fingerprint density at radius 1 is 1.00 bits per heavy atom. The van der Waals surface area contributed by atoms with E-state index in [2.05, 4.69) is 39.9 Å². The van der Waals surface area contributed by atoms with E-state index in [1.807, 2.05) is 36.4 Å². The van der Waals surface area contributed by atoms with Gasteiger partial charge >= 0.3 is 6.09 Å². The molecular weight excluding hydrogens is 572 g/mol. The van der Waals surface area contributed by atoms with E-state index in [9.17, 15) is 9.59 Å². The predicted molar refractivity (Wildman–Crippen MR) is 176 cm³/mol. The number of methoxy groups -OCH3 is 1. The molecule has 44 heavy (non-hydrogen) atoms. The normalized spacial score (nSPS) is 18.0. The molecule has 240 valence electrons. The minimum Gasteiger partial charge on any atom is -0.494 e. The topological polar surface area (TPSA) is 87.2 Å². The average molecular weight is 623 g/mol. The second kappa shape index (κ2) is 13.4. The number of aromatic nitrogens is 1. The first-order valence-corrected chi connectivity index (χ1v) is 18.7. The standard InChI is InChI=1S/C35H50N2O6Si/c1-34(2,3)43-33(39)37-26(15-20-31(37)38)23-29(30-19-18-28(24-11-12-24)32(36-30)40-7)25-13-16-27(17-14-25)41-21-10-22-42-44(8,9)35(4,5)6/h13-14,16-19,23-24,26H,10-12,15,20-22H2,1-9H3/b29-23+/t26-/m1/s1. The highest BCUT2D eigenvalue weighted by Crippen LogP contribution is 2.44. The molecule has 1 atom stereocenters. The fourth-order valence-electron chi connectivity index (χ4n) is 4.93. The van der Waals surface area contributed by atoms with Crippen LogP contribution in [0.5, 0.6) is 11.6 Å². The van der Waals surface area contributed by atoms with Crippen LogP contribution < -0.4 is 9.47 Å². The van der Waals surface area contributed by atoms with E-state index in [-0.39, 0.29) is 17.4 Å². The zero-order valence-corrected chi connectivity index (χ0v) is 29.0. The van der Waals surface area contributed by atoms with Gasteiger partial charge in [0.15, 0.2) is 8.32 Å². The van der Waals surface area contributed by atoms with Gasteiger partial charge in [0.1, 0.15) is 11.4 Å². The van der Waals surface area contributed by atoms with Crippen molar-refractivity contribution < 1.29 is 28.2 Å². The van der Waals surface area contributed by atoms with Crippen LogP contribution in [0.1, 0.15) is 96.4 Å². The van der Waals surface area contributed by atoms with E-state index in [4.69, 9.17) is 23.6 Å². The van der Waals surface area contributed by atoms with Gasteiger partial charge in [-0.05, 0) is 87.8 Å². The molecule has 2 fully saturated rings. The molecule has 1 saturated heterocycles. The molecule has 1 aliphatic carbocycles. The predicted octanol–water partition coefficient (Wildman–Crippen LogP) is 8.12. The van der Waals surface area contributed by atoms with Gasteiger partial charge in [-0.2, -0.15) is 0 Å². The van der Waals surface area contributed by atoms with E-state index in [0.29, 0.717) is 37.1 Å². The highest BCUT2D eigenvalue weighted by Gasteiger charge is 2.38. The summed E-state index contributed by atoms with van der Waals surface area (Å²) >= 11 is 0. The number of nitrogens with zero attached hydrogens (tertiary/aromatic N) is 2. The van der Waals surface area contributed by atoms with E-state index in [0.717, 1.165) is 41.7 Å². The zero-order valence-electron chi connectivity index (χ0n) is 28.0. The van der Waals surface area contributed by atoms with Crippen molar-refractivity contribution in [2.75, 3.05) is 20.3 Å². The maximum atomic E-state index is 13.1. The summed E-state index contributed by atoms with van der Waals surface area (Å²) in [4.78, 5) is 32.0. The summed E-state index contributed by atoms with van der Waals surface area (Å²) < 4.78 is 23.6. The number of carbonyl (C=O) groups is 2. The average Bonchev–Trinajstić information content (AvgIpc) is 3.72. The number of pyridine rings is 1. The van der Waals surface area contributed by atoms with Crippen molar-refractivity contribution in [3.63, 3.8) is 0 Å². The summed E-state index contributed by atoms with van der Waals surface area (Å²) in [7, 11) is -0.131. The molecule has 4 rings (SSSR count). The second-order valence-corrected chi connectivity index (χ2v) is 19.1. The van der Waals surface area contributed by atoms with Crippen LogP contribution in [0.15, 0.2) is 42.5 Å². The van der Waals surface area contributed by atoms with E-state index in [1.54, 1.807) is 27.9 Å². The van der Waals surface area contributed by atoms with Crippen LogP contribution in [0.2, 0.25) is 18.1 Å². The summed E-state index contributed by atoms with van der Waals surface area (Å²) in [6.07, 6.45) is 5.21. The Morgan fingerprint density at radius 3 is 2.27 bits per heavy atom.